The predicted molar refractivity (Wildman–Crippen MR) is 109 cm³/mol. The van der Waals surface area contributed by atoms with Crippen LogP contribution in [0.1, 0.15) is 12.8 Å². The zero-order valence-corrected chi connectivity index (χ0v) is 17.5. The van der Waals surface area contributed by atoms with Crippen LogP contribution in [0.4, 0.5) is 14.5 Å². The molecule has 7 nitrogen and oxygen atoms in total. The van der Waals surface area contributed by atoms with E-state index in [-0.39, 0.29) is 38.4 Å². The van der Waals surface area contributed by atoms with Crippen molar-refractivity contribution in [2.24, 2.45) is 0 Å². The fourth-order valence-electron chi connectivity index (χ4n) is 2.69. The van der Waals surface area contributed by atoms with E-state index >= 15 is 0 Å². The lowest BCUT2D eigenvalue weighted by atomic mass is 10.2. The number of sulfonamides is 1. The Labute approximate surface area is 174 Å². The number of rotatable bonds is 11. The van der Waals surface area contributed by atoms with E-state index in [0.717, 1.165) is 24.5 Å². The number of para-hydroxylation sites is 1. The Hall–Kier alpha value is -2.88. The normalized spacial score (nSPS) is 11.1. The molecule has 0 saturated heterocycles. The summed E-state index contributed by atoms with van der Waals surface area (Å²) in [6, 6.07) is 10.1. The maximum atomic E-state index is 14.0. The van der Waals surface area contributed by atoms with Crippen LogP contribution in [0.5, 0.6) is 11.5 Å². The highest BCUT2D eigenvalue weighted by atomic mass is 32.2. The minimum Gasteiger partial charge on any atom is -0.497 e. The summed E-state index contributed by atoms with van der Waals surface area (Å²) in [4.78, 5) is 12.0. The summed E-state index contributed by atoms with van der Waals surface area (Å²) in [6.45, 7) is 0.243. The topological polar surface area (TPSA) is 84.9 Å². The van der Waals surface area contributed by atoms with E-state index in [1.54, 1.807) is 31.4 Å². The van der Waals surface area contributed by atoms with Gasteiger partial charge in [0.1, 0.15) is 23.8 Å². The molecule has 0 aromatic heterocycles. The number of amides is 1. The van der Waals surface area contributed by atoms with Gasteiger partial charge in [-0.2, -0.15) is 0 Å². The molecule has 0 aliphatic heterocycles. The molecule has 0 unspecified atom stereocenters. The third-order valence-corrected chi connectivity index (χ3v) is 5.25. The van der Waals surface area contributed by atoms with Crippen molar-refractivity contribution in [1.82, 2.24) is 5.32 Å². The van der Waals surface area contributed by atoms with Gasteiger partial charge in [0.15, 0.2) is 11.6 Å². The molecule has 0 spiro atoms. The highest BCUT2D eigenvalue weighted by molar-refractivity contribution is 7.92. The number of carbonyl (C=O) groups excluding carboxylic acids is 1. The number of carbonyl (C=O) groups is 1. The molecule has 0 radical (unpaired) electrons. The maximum absolute atomic E-state index is 14.0. The second kappa shape index (κ2) is 10.8. The zero-order chi connectivity index (χ0) is 22.1. The van der Waals surface area contributed by atoms with Crippen LogP contribution in [0.3, 0.4) is 0 Å². The first-order chi connectivity index (χ1) is 14.2. The van der Waals surface area contributed by atoms with Crippen molar-refractivity contribution in [2.45, 2.75) is 12.8 Å². The first-order valence-electron chi connectivity index (χ1n) is 9.17. The molecule has 0 bridgehead atoms. The lowest BCUT2D eigenvalue weighted by molar-refractivity contribution is -0.121. The second-order valence-corrected chi connectivity index (χ2v) is 8.29. The predicted octanol–water partition coefficient (Wildman–Crippen LogP) is 2.71. The number of nitrogens with zero attached hydrogens (tertiary/aromatic N) is 1. The van der Waals surface area contributed by atoms with E-state index in [0.29, 0.717) is 15.8 Å². The van der Waals surface area contributed by atoms with Crippen LogP contribution in [0.2, 0.25) is 0 Å². The number of anilines is 1. The Kier molecular flexibility index (Phi) is 8.40. The minimum absolute atomic E-state index is 0.0126. The second-order valence-electron chi connectivity index (χ2n) is 6.39. The Morgan fingerprint density at radius 2 is 1.73 bits per heavy atom. The number of hydrogen-bond acceptors (Lipinski definition) is 5. The molecule has 0 fully saturated rings. The Balaban J connectivity index is 1.80. The van der Waals surface area contributed by atoms with Gasteiger partial charge in [-0.25, -0.2) is 17.2 Å². The fraction of sp³-hybridized carbons (Fsp3) is 0.350. The molecule has 0 atom stereocenters. The number of halogens is 2. The molecule has 2 aromatic rings. The third kappa shape index (κ3) is 6.87. The molecule has 0 aliphatic rings. The molecular weight excluding hydrogens is 418 g/mol. The van der Waals surface area contributed by atoms with Crippen molar-refractivity contribution in [3.05, 3.63) is 54.1 Å². The van der Waals surface area contributed by atoms with Crippen molar-refractivity contribution < 1.29 is 31.5 Å². The fourth-order valence-corrected chi connectivity index (χ4v) is 3.66. The van der Waals surface area contributed by atoms with Crippen LogP contribution >= 0.6 is 0 Å². The lowest BCUT2D eigenvalue weighted by Crippen LogP contribution is -2.34. The van der Waals surface area contributed by atoms with Gasteiger partial charge in [-0.3, -0.25) is 9.10 Å². The van der Waals surface area contributed by atoms with Gasteiger partial charge in [-0.1, -0.05) is 12.1 Å². The van der Waals surface area contributed by atoms with Crippen molar-refractivity contribution in [3.63, 3.8) is 0 Å². The summed E-state index contributed by atoms with van der Waals surface area (Å²) in [5.74, 6) is -1.05. The van der Waals surface area contributed by atoms with E-state index in [1.807, 2.05) is 0 Å². The van der Waals surface area contributed by atoms with Gasteiger partial charge >= 0.3 is 0 Å². The number of benzene rings is 2. The van der Waals surface area contributed by atoms with Gasteiger partial charge < -0.3 is 14.8 Å². The highest BCUT2D eigenvalue weighted by Crippen LogP contribution is 2.25. The Morgan fingerprint density at radius 3 is 2.37 bits per heavy atom. The van der Waals surface area contributed by atoms with Crippen molar-refractivity contribution in [1.29, 1.82) is 0 Å². The third-order valence-electron chi connectivity index (χ3n) is 4.09. The molecule has 2 rings (SSSR count). The van der Waals surface area contributed by atoms with Crippen LogP contribution in [-0.4, -0.2) is 47.4 Å². The first-order valence-corrected chi connectivity index (χ1v) is 11.0. The van der Waals surface area contributed by atoms with Crippen LogP contribution in [0, 0.1) is 11.6 Å². The largest absolute Gasteiger partial charge is 0.497 e. The van der Waals surface area contributed by atoms with E-state index in [1.165, 1.54) is 0 Å². The summed E-state index contributed by atoms with van der Waals surface area (Å²) < 4.78 is 63.1. The van der Waals surface area contributed by atoms with Gasteiger partial charge in [-0.05, 0) is 30.7 Å². The Bertz CT molecular complexity index is 949. The standard InChI is InChI=1S/C20H24F2N2O5S/c1-28-15-6-3-7-16(14-15)29-13-11-23-19(25)10-5-12-24(30(2,26)27)20-17(21)8-4-9-18(20)22/h3-4,6-9,14H,5,10-13H2,1-2H3,(H,23,25). The minimum atomic E-state index is -3.93. The molecule has 2 aromatic carbocycles. The monoisotopic (exact) mass is 442 g/mol. The van der Waals surface area contributed by atoms with Crippen molar-refractivity contribution in [2.75, 3.05) is 37.4 Å². The molecule has 1 N–H and O–H groups in total. The smallest absolute Gasteiger partial charge is 0.232 e. The SMILES string of the molecule is COc1cccc(OCCNC(=O)CCCN(c2c(F)cccc2F)S(C)(=O)=O)c1. The summed E-state index contributed by atoms with van der Waals surface area (Å²) >= 11 is 0. The number of ether oxygens (including phenoxy) is 2. The molecule has 10 heteroatoms. The first kappa shape index (κ1) is 23.4. The average Bonchev–Trinajstić information content (AvgIpc) is 2.69. The molecule has 164 valence electrons. The van der Waals surface area contributed by atoms with Crippen molar-refractivity contribution >= 4 is 21.6 Å². The number of methoxy groups -OCH3 is 1. The van der Waals surface area contributed by atoms with E-state index in [4.69, 9.17) is 9.47 Å². The quantitative estimate of drug-likeness (QED) is 0.541. The summed E-state index contributed by atoms with van der Waals surface area (Å²) in [6.07, 6.45) is 0.930. The zero-order valence-electron chi connectivity index (χ0n) is 16.7. The molecular formula is C20H24F2N2O5S. The van der Waals surface area contributed by atoms with Crippen LogP contribution < -0.4 is 19.1 Å². The number of nitrogens with one attached hydrogen (secondary N) is 1. The summed E-state index contributed by atoms with van der Waals surface area (Å²) in [5, 5.41) is 2.65. The van der Waals surface area contributed by atoms with Crippen LogP contribution in [0.25, 0.3) is 0 Å². The van der Waals surface area contributed by atoms with Gasteiger partial charge in [0, 0.05) is 19.0 Å². The summed E-state index contributed by atoms with van der Waals surface area (Å²) in [7, 11) is -2.38. The molecule has 1 amide bonds. The molecule has 0 saturated carbocycles. The lowest BCUT2D eigenvalue weighted by Gasteiger charge is -2.23. The van der Waals surface area contributed by atoms with Crippen LogP contribution in [-0.2, 0) is 14.8 Å². The van der Waals surface area contributed by atoms with E-state index in [2.05, 4.69) is 5.32 Å². The summed E-state index contributed by atoms with van der Waals surface area (Å²) in [5.41, 5.74) is -0.646. The van der Waals surface area contributed by atoms with Gasteiger partial charge in [0.05, 0.1) is 19.9 Å². The van der Waals surface area contributed by atoms with Gasteiger partial charge in [0.25, 0.3) is 0 Å². The van der Waals surface area contributed by atoms with E-state index in [9.17, 15) is 22.0 Å². The molecule has 0 heterocycles. The van der Waals surface area contributed by atoms with Crippen LogP contribution in [0.15, 0.2) is 42.5 Å². The average molecular weight is 442 g/mol. The molecule has 30 heavy (non-hydrogen) atoms. The molecule has 0 aliphatic carbocycles. The maximum Gasteiger partial charge on any atom is 0.232 e. The van der Waals surface area contributed by atoms with Crippen molar-refractivity contribution in [3.8, 4) is 11.5 Å². The number of hydrogen-bond donors (Lipinski definition) is 1. The highest BCUT2D eigenvalue weighted by Gasteiger charge is 2.24. The Morgan fingerprint density at radius 1 is 1.10 bits per heavy atom. The van der Waals surface area contributed by atoms with E-state index < -0.39 is 27.3 Å². The van der Waals surface area contributed by atoms with Gasteiger partial charge in [-0.15, -0.1) is 0 Å². The van der Waals surface area contributed by atoms with Gasteiger partial charge in [0.2, 0.25) is 15.9 Å².